The minimum Gasteiger partial charge on any atom is -0.305 e. The largest absolute Gasteiger partial charge is 0.305 e. The molecule has 0 amide bonds. The van der Waals surface area contributed by atoms with Crippen LogP contribution in [-0.4, -0.2) is 7.11 Å². The first kappa shape index (κ1) is 10.6. The van der Waals surface area contributed by atoms with Gasteiger partial charge >= 0.3 is 0 Å². The third kappa shape index (κ3) is 2.49. The monoisotopic (exact) mass is 247 g/mol. The molecule has 0 bridgehead atoms. The number of hydroxylamine groups is 1. The second-order valence-corrected chi connectivity index (χ2v) is 3.49. The third-order valence-corrected chi connectivity index (χ3v) is 2.62. The highest BCUT2D eigenvalue weighted by atomic mass is 79.9. The van der Waals surface area contributed by atoms with E-state index in [4.69, 9.17) is 0 Å². The number of hydrogen-bond acceptors (Lipinski definition) is 2. The molecule has 0 unspecified atom stereocenters. The molecule has 1 aromatic carbocycles. The summed E-state index contributed by atoms with van der Waals surface area (Å²) in [5, 5.41) is 0. The van der Waals surface area contributed by atoms with Crippen molar-refractivity contribution in [2.24, 2.45) is 0 Å². The van der Waals surface area contributed by atoms with E-state index < -0.39 is 0 Å². The van der Waals surface area contributed by atoms with Crippen LogP contribution in [0.4, 0.5) is 4.39 Å². The minimum atomic E-state index is -0.213. The van der Waals surface area contributed by atoms with E-state index in [1.807, 2.05) is 6.07 Å². The summed E-state index contributed by atoms with van der Waals surface area (Å²) in [7, 11) is 1.53. The molecule has 0 aliphatic rings. The lowest BCUT2D eigenvalue weighted by Gasteiger charge is -2.07. The fraction of sp³-hybridized carbons (Fsp3) is 0.333. The molecule has 1 rings (SSSR count). The molecule has 1 N–H and O–H groups in total. The van der Waals surface area contributed by atoms with Crippen molar-refractivity contribution in [3.05, 3.63) is 33.5 Å². The third-order valence-electron chi connectivity index (χ3n) is 1.76. The van der Waals surface area contributed by atoms with Crippen LogP contribution in [0.3, 0.4) is 0 Å². The zero-order valence-electron chi connectivity index (χ0n) is 7.53. The van der Waals surface area contributed by atoms with Gasteiger partial charge in [-0.1, -0.05) is 12.1 Å². The van der Waals surface area contributed by atoms with Crippen LogP contribution in [0.25, 0.3) is 0 Å². The Morgan fingerprint density at radius 3 is 2.85 bits per heavy atom. The van der Waals surface area contributed by atoms with Crippen molar-refractivity contribution in [1.29, 1.82) is 0 Å². The molecule has 0 aliphatic carbocycles. The van der Waals surface area contributed by atoms with Gasteiger partial charge in [-0.15, -0.1) is 0 Å². The lowest BCUT2D eigenvalue weighted by Crippen LogP contribution is -2.11. The van der Waals surface area contributed by atoms with E-state index in [9.17, 15) is 4.39 Å². The summed E-state index contributed by atoms with van der Waals surface area (Å²) in [5.74, 6) is -0.213. The van der Waals surface area contributed by atoms with Gasteiger partial charge in [0, 0.05) is 6.54 Å². The summed E-state index contributed by atoms with van der Waals surface area (Å²) in [6.07, 6.45) is 0. The zero-order chi connectivity index (χ0) is 9.84. The normalized spacial score (nSPS) is 10.5. The molecular formula is C9H11BrFNO. The first-order chi connectivity index (χ1) is 6.16. The maximum absolute atomic E-state index is 13.3. The fourth-order valence-corrected chi connectivity index (χ4v) is 1.56. The van der Waals surface area contributed by atoms with Gasteiger partial charge in [0.15, 0.2) is 0 Å². The highest BCUT2D eigenvalue weighted by Crippen LogP contribution is 2.23. The van der Waals surface area contributed by atoms with E-state index in [0.29, 0.717) is 16.6 Å². The molecule has 0 atom stereocenters. The van der Waals surface area contributed by atoms with Crippen molar-refractivity contribution >= 4 is 15.9 Å². The summed E-state index contributed by atoms with van der Waals surface area (Å²) < 4.78 is 13.8. The smallest absolute Gasteiger partial charge is 0.140 e. The summed E-state index contributed by atoms with van der Waals surface area (Å²) in [6.45, 7) is 2.21. The van der Waals surface area contributed by atoms with Crippen LogP contribution in [0.1, 0.15) is 11.1 Å². The van der Waals surface area contributed by atoms with E-state index in [0.717, 1.165) is 5.56 Å². The van der Waals surface area contributed by atoms with Crippen LogP contribution >= 0.6 is 15.9 Å². The van der Waals surface area contributed by atoms with Gasteiger partial charge in [0.25, 0.3) is 0 Å². The standard InChI is InChI=1S/C9H11BrFNO/c1-6-3-4-7(5-12-13-2)8(10)9(6)11/h3-4,12H,5H2,1-2H3. The highest BCUT2D eigenvalue weighted by molar-refractivity contribution is 9.10. The second kappa shape index (κ2) is 4.69. The van der Waals surface area contributed by atoms with Crippen LogP contribution in [-0.2, 0) is 11.4 Å². The van der Waals surface area contributed by atoms with Gasteiger partial charge in [0.1, 0.15) is 5.82 Å². The Kier molecular flexibility index (Phi) is 3.84. The Morgan fingerprint density at radius 1 is 1.54 bits per heavy atom. The molecule has 13 heavy (non-hydrogen) atoms. The Balaban J connectivity index is 2.90. The summed E-state index contributed by atoms with van der Waals surface area (Å²) in [5.41, 5.74) is 4.13. The Labute approximate surface area is 85.2 Å². The SMILES string of the molecule is CONCc1ccc(C)c(F)c1Br. The number of aryl methyl sites for hydroxylation is 1. The van der Waals surface area contributed by atoms with Crippen LogP contribution in [0, 0.1) is 12.7 Å². The van der Waals surface area contributed by atoms with Crippen molar-refractivity contribution in [2.45, 2.75) is 13.5 Å². The molecule has 0 radical (unpaired) electrons. The maximum Gasteiger partial charge on any atom is 0.140 e. The Morgan fingerprint density at radius 2 is 2.23 bits per heavy atom. The van der Waals surface area contributed by atoms with Crippen molar-refractivity contribution in [1.82, 2.24) is 5.48 Å². The van der Waals surface area contributed by atoms with Crippen LogP contribution in [0.15, 0.2) is 16.6 Å². The molecular weight excluding hydrogens is 237 g/mol. The van der Waals surface area contributed by atoms with Gasteiger partial charge < -0.3 is 4.84 Å². The molecule has 2 nitrogen and oxygen atoms in total. The van der Waals surface area contributed by atoms with Gasteiger partial charge in [-0.25, -0.2) is 4.39 Å². The highest BCUT2D eigenvalue weighted by Gasteiger charge is 2.07. The van der Waals surface area contributed by atoms with Gasteiger partial charge in [0.2, 0.25) is 0 Å². The van der Waals surface area contributed by atoms with Gasteiger partial charge in [0.05, 0.1) is 11.6 Å². The zero-order valence-corrected chi connectivity index (χ0v) is 9.11. The van der Waals surface area contributed by atoms with E-state index in [1.165, 1.54) is 7.11 Å². The minimum absolute atomic E-state index is 0.213. The van der Waals surface area contributed by atoms with Gasteiger partial charge in [-0.3, -0.25) is 0 Å². The van der Waals surface area contributed by atoms with Gasteiger partial charge in [-0.2, -0.15) is 5.48 Å². The average Bonchev–Trinajstić information content (AvgIpc) is 2.13. The molecule has 0 fully saturated rings. The topological polar surface area (TPSA) is 21.3 Å². The fourth-order valence-electron chi connectivity index (χ4n) is 0.972. The summed E-state index contributed by atoms with van der Waals surface area (Å²) >= 11 is 3.19. The number of nitrogens with one attached hydrogen (secondary N) is 1. The molecule has 0 saturated carbocycles. The summed E-state index contributed by atoms with van der Waals surface area (Å²) in [4.78, 5) is 4.68. The van der Waals surface area contributed by atoms with E-state index >= 15 is 0 Å². The summed E-state index contributed by atoms with van der Waals surface area (Å²) in [6, 6.07) is 3.60. The predicted molar refractivity (Wildman–Crippen MR) is 52.7 cm³/mol. The first-order valence-corrected chi connectivity index (χ1v) is 4.65. The molecule has 0 aromatic heterocycles. The number of benzene rings is 1. The van der Waals surface area contributed by atoms with Crippen LogP contribution in [0.5, 0.6) is 0 Å². The molecule has 0 heterocycles. The van der Waals surface area contributed by atoms with E-state index in [1.54, 1.807) is 13.0 Å². The molecule has 4 heteroatoms. The maximum atomic E-state index is 13.3. The molecule has 1 aromatic rings. The Bertz CT molecular complexity index is 304. The number of rotatable bonds is 3. The predicted octanol–water partition coefficient (Wildman–Crippen LogP) is 2.55. The van der Waals surface area contributed by atoms with Crippen molar-refractivity contribution in [3.63, 3.8) is 0 Å². The quantitative estimate of drug-likeness (QED) is 0.830. The number of halogens is 2. The second-order valence-electron chi connectivity index (χ2n) is 2.69. The van der Waals surface area contributed by atoms with Crippen molar-refractivity contribution in [2.75, 3.05) is 7.11 Å². The lowest BCUT2D eigenvalue weighted by atomic mass is 10.1. The molecule has 72 valence electrons. The van der Waals surface area contributed by atoms with Crippen LogP contribution < -0.4 is 5.48 Å². The first-order valence-electron chi connectivity index (χ1n) is 3.86. The molecule has 0 spiro atoms. The van der Waals surface area contributed by atoms with Gasteiger partial charge in [-0.05, 0) is 34.0 Å². The van der Waals surface area contributed by atoms with E-state index in [2.05, 4.69) is 26.2 Å². The average molecular weight is 248 g/mol. The molecule has 0 saturated heterocycles. The van der Waals surface area contributed by atoms with Crippen molar-refractivity contribution < 1.29 is 9.23 Å². The van der Waals surface area contributed by atoms with E-state index in [-0.39, 0.29) is 5.82 Å². The Hall–Kier alpha value is -0.450. The van der Waals surface area contributed by atoms with Crippen LogP contribution in [0.2, 0.25) is 0 Å². The lowest BCUT2D eigenvalue weighted by molar-refractivity contribution is 0.0865. The number of hydrogen-bond donors (Lipinski definition) is 1. The molecule has 0 aliphatic heterocycles. The van der Waals surface area contributed by atoms with Crippen molar-refractivity contribution in [3.8, 4) is 0 Å².